The molecule has 4 nitrogen and oxygen atoms in total. The van der Waals surface area contributed by atoms with Gasteiger partial charge in [-0.15, -0.1) is 0 Å². The number of ketones is 2. The minimum atomic E-state index is -0.591. The van der Waals surface area contributed by atoms with Crippen molar-refractivity contribution in [3.63, 3.8) is 0 Å². The van der Waals surface area contributed by atoms with Crippen LogP contribution in [0.4, 0.5) is 0 Å². The Bertz CT molecular complexity index is 902. The van der Waals surface area contributed by atoms with E-state index in [2.05, 4.69) is 24.0 Å². The SMILES string of the molecule is CCCCCCCCN(CC1=C(O)c2ccccc2C(=O)C1=O)Cc1ccccc1. The van der Waals surface area contributed by atoms with Gasteiger partial charge in [-0.1, -0.05) is 93.6 Å². The summed E-state index contributed by atoms with van der Waals surface area (Å²) in [5, 5.41) is 10.8. The van der Waals surface area contributed by atoms with Crippen LogP contribution in [0.5, 0.6) is 0 Å². The summed E-state index contributed by atoms with van der Waals surface area (Å²) >= 11 is 0. The normalized spacial score (nSPS) is 13.8. The van der Waals surface area contributed by atoms with Crippen molar-refractivity contribution in [3.05, 3.63) is 76.9 Å². The van der Waals surface area contributed by atoms with Crippen LogP contribution in [0.1, 0.15) is 66.9 Å². The maximum absolute atomic E-state index is 12.7. The summed E-state index contributed by atoms with van der Waals surface area (Å²) in [6.45, 7) is 3.98. The fourth-order valence-electron chi connectivity index (χ4n) is 3.96. The quantitative estimate of drug-likeness (QED) is 0.391. The second-order valence-corrected chi connectivity index (χ2v) is 8.00. The van der Waals surface area contributed by atoms with E-state index in [4.69, 9.17) is 0 Å². The number of fused-ring (bicyclic) bond motifs is 1. The first kappa shape index (κ1) is 22.0. The first-order chi connectivity index (χ1) is 14.6. The van der Waals surface area contributed by atoms with Crippen molar-refractivity contribution in [2.75, 3.05) is 13.1 Å². The number of rotatable bonds is 11. The van der Waals surface area contributed by atoms with Crippen molar-refractivity contribution in [1.29, 1.82) is 0 Å². The highest BCUT2D eigenvalue weighted by Crippen LogP contribution is 2.28. The summed E-state index contributed by atoms with van der Waals surface area (Å²) in [4.78, 5) is 27.5. The van der Waals surface area contributed by atoms with Gasteiger partial charge >= 0.3 is 0 Å². The van der Waals surface area contributed by atoms with Crippen LogP contribution in [0.15, 0.2) is 60.2 Å². The molecule has 1 N–H and O–H groups in total. The highest BCUT2D eigenvalue weighted by Gasteiger charge is 2.33. The number of carbonyl (C=O) groups is 2. The molecule has 0 fully saturated rings. The number of unbranched alkanes of at least 4 members (excludes halogenated alkanes) is 5. The third-order valence-corrected chi connectivity index (χ3v) is 5.65. The summed E-state index contributed by atoms with van der Waals surface area (Å²) in [5.74, 6) is -1.18. The summed E-state index contributed by atoms with van der Waals surface area (Å²) in [5.41, 5.74) is 2.10. The van der Waals surface area contributed by atoms with Crippen molar-refractivity contribution in [2.24, 2.45) is 0 Å². The van der Waals surface area contributed by atoms with Gasteiger partial charge in [0.25, 0.3) is 0 Å². The molecule has 4 heteroatoms. The Balaban J connectivity index is 1.75. The maximum Gasteiger partial charge on any atom is 0.234 e. The number of carbonyl (C=O) groups excluding carboxylic acids is 2. The van der Waals surface area contributed by atoms with Crippen LogP contribution in [-0.4, -0.2) is 34.7 Å². The zero-order valence-corrected chi connectivity index (χ0v) is 17.8. The molecule has 2 aromatic rings. The monoisotopic (exact) mass is 405 g/mol. The Morgan fingerprint density at radius 3 is 2.10 bits per heavy atom. The van der Waals surface area contributed by atoms with Gasteiger partial charge in [0, 0.05) is 24.2 Å². The zero-order valence-electron chi connectivity index (χ0n) is 17.8. The van der Waals surface area contributed by atoms with Gasteiger partial charge in [-0.3, -0.25) is 14.5 Å². The number of aliphatic hydroxyl groups is 1. The summed E-state index contributed by atoms with van der Waals surface area (Å²) < 4.78 is 0. The molecule has 0 aromatic heterocycles. The largest absolute Gasteiger partial charge is 0.507 e. The van der Waals surface area contributed by atoms with E-state index >= 15 is 0 Å². The molecule has 0 saturated heterocycles. The van der Waals surface area contributed by atoms with Gasteiger partial charge in [-0.2, -0.15) is 0 Å². The van der Waals surface area contributed by atoms with Gasteiger partial charge < -0.3 is 5.11 Å². The Labute approximate surface area is 179 Å². The number of nitrogens with zero attached hydrogens (tertiary/aromatic N) is 1. The van der Waals surface area contributed by atoms with E-state index in [0.29, 0.717) is 12.1 Å². The van der Waals surface area contributed by atoms with Gasteiger partial charge in [0.1, 0.15) is 5.76 Å². The molecule has 0 unspecified atom stereocenters. The van der Waals surface area contributed by atoms with Crippen LogP contribution in [0, 0.1) is 0 Å². The molecular formula is C26H31NO3. The van der Waals surface area contributed by atoms with E-state index in [1.54, 1.807) is 24.3 Å². The molecule has 0 spiro atoms. The fourth-order valence-corrected chi connectivity index (χ4v) is 3.96. The molecule has 1 aliphatic carbocycles. The third-order valence-electron chi connectivity index (χ3n) is 5.65. The molecule has 2 aromatic carbocycles. The minimum Gasteiger partial charge on any atom is -0.507 e. The predicted molar refractivity (Wildman–Crippen MR) is 120 cm³/mol. The molecule has 0 atom stereocenters. The number of hydrogen-bond acceptors (Lipinski definition) is 4. The van der Waals surface area contributed by atoms with Crippen LogP contribution < -0.4 is 0 Å². The molecule has 0 heterocycles. The van der Waals surface area contributed by atoms with Crippen LogP contribution >= 0.6 is 0 Å². The highest BCUT2D eigenvalue weighted by molar-refractivity contribution is 6.52. The zero-order chi connectivity index (χ0) is 21.3. The van der Waals surface area contributed by atoms with Crippen molar-refractivity contribution < 1.29 is 14.7 Å². The molecule has 3 rings (SSSR count). The predicted octanol–water partition coefficient (Wildman–Crippen LogP) is 5.58. The lowest BCUT2D eigenvalue weighted by molar-refractivity contribution is -0.112. The topological polar surface area (TPSA) is 57.6 Å². The van der Waals surface area contributed by atoms with Crippen molar-refractivity contribution >= 4 is 17.3 Å². The Kier molecular flexibility index (Phi) is 7.97. The van der Waals surface area contributed by atoms with E-state index < -0.39 is 11.6 Å². The van der Waals surface area contributed by atoms with Crippen molar-refractivity contribution in [1.82, 2.24) is 4.90 Å². The van der Waals surface area contributed by atoms with Crippen LogP contribution in [0.2, 0.25) is 0 Å². The molecule has 0 bridgehead atoms. The van der Waals surface area contributed by atoms with Gasteiger partial charge in [0.15, 0.2) is 0 Å². The first-order valence-corrected chi connectivity index (χ1v) is 11.0. The van der Waals surface area contributed by atoms with Gasteiger partial charge in [-0.25, -0.2) is 0 Å². The molecule has 0 radical (unpaired) electrons. The Morgan fingerprint density at radius 2 is 1.37 bits per heavy atom. The van der Waals surface area contributed by atoms with E-state index in [9.17, 15) is 14.7 Å². The third kappa shape index (κ3) is 5.45. The summed E-state index contributed by atoms with van der Waals surface area (Å²) in [6.07, 6.45) is 7.14. The summed E-state index contributed by atoms with van der Waals surface area (Å²) in [6, 6.07) is 16.9. The highest BCUT2D eigenvalue weighted by atomic mass is 16.3. The standard InChI is InChI=1S/C26H31NO3/c1-2-3-4-5-6-12-17-27(18-20-13-8-7-9-14-20)19-23-24(28)21-15-10-11-16-22(21)25(29)26(23)30/h7-11,13-16,28H,2-6,12,17-19H2,1H3. The molecule has 30 heavy (non-hydrogen) atoms. The van der Waals surface area contributed by atoms with Crippen LogP contribution in [0.3, 0.4) is 0 Å². The number of Topliss-reactive ketones (excluding diaryl/α,β-unsaturated/α-hetero) is 2. The second kappa shape index (κ2) is 10.9. The van der Waals surface area contributed by atoms with E-state index in [1.165, 1.54) is 25.7 Å². The molecule has 158 valence electrons. The smallest absolute Gasteiger partial charge is 0.234 e. The maximum atomic E-state index is 12.7. The lowest BCUT2D eigenvalue weighted by atomic mass is 9.88. The molecule has 1 aliphatic rings. The van der Waals surface area contributed by atoms with Gasteiger partial charge in [0.2, 0.25) is 11.6 Å². The number of hydrogen-bond donors (Lipinski definition) is 1. The Hall–Kier alpha value is -2.72. The number of benzene rings is 2. The molecule has 0 aliphatic heterocycles. The lowest BCUT2D eigenvalue weighted by Gasteiger charge is -2.26. The van der Waals surface area contributed by atoms with E-state index in [-0.39, 0.29) is 23.4 Å². The molecule has 0 saturated carbocycles. The van der Waals surface area contributed by atoms with Gasteiger partial charge in [-0.05, 0) is 18.5 Å². The molecule has 0 amide bonds. The van der Waals surface area contributed by atoms with E-state index in [0.717, 1.165) is 24.9 Å². The van der Waals surface area contributed by atoms with Crippen LogP contribution in [0.25, 0.3) is 5.76 Å². The van der Waals surface area contributed by atoms with Crippen LogP contribution in [-0.2, 0) is 11.3 Å². The molecular weight excluding hydrogens is 374 g/mol. The summed E-state index contributed by atoms with van der Waals surface area (Å²) in [7, 11) is 0. The van der Waals surface area contributed by atoms with Crippen molar-refractivity contribution in [3.8, 4) is 0 Å². The fraction of sp³-hybridized carbons (Fsp3) is 0.385. The van der Waals surface area contributed by atoms with Crippen molar-refractivity contribution in [2.45, 2.75) is 52.0 Å². The second-order valence-electron chi connectivity index (χ2n) is 8.00. The average molecular weight is 406 g/mol. The minimum absolute atomic E-state index is 0.0591. The van der Waals surface area contributed by atoms with Gasteiger partial charge in [0.05, 0.1) is 5.57 Å². The Morgan fingerprint density at radius 1 is 0.733 bits per heavy atom. The average Bonchev–Trinajstić information content (AvgIpc) is 2.78. The lowest BCUT2D eigenvalue weighted by Crippen LogP contribution is -2.34. The van der Waals surface area contributed by atoms with E-state index in [1.807, 2.05) is 18.2 Å². The number of aliphatic hydroxyl groups excluding tert-OH is 1. The first-order valence-electron chi connectivity index (χ1n) is 11.0.